The fourth-order valence-corrected chi connectivity index (χ4v) is 1.53. The lowest BCUT2D eigenvalue weighted by Gasteiger charge is -2.30. The monoisotopic (exact) mass is 246 g/mol. The van der Waals surface area contributed by atoms with E-state index in [1.165, 1.54) is 0 Å². The lowest BCUT2D eigenvalue weighted by Crippen LogP contribution is -2.71. The van der Waals surface area contributed by atoms with Gasteiger partial charge in [-0.2, -0.15) is 0 Å². The van der Waals surface area contributed by atoms with Crippen LogP contribution in [-0.2, 0) is 0 Å². The van der Waals surface area contributed by atoms with Crippen molar-refractivity contribution < 1.29 is 0 Å². The van der Waals surface area contributed by atoms with Crippen molar-refractivity contribution >= 4 is 0 Å². The van der Waals surface area contributed by atoms with Crippen molar-refractivity contribution in [1.82, 2.24) is 0 Å². The molecule has 0 aliphatic carbocycles. The van der Waals surface area contributed by atoms with Crippen molar-refractivity contribution in [2.24, 2.45) is 33.3 Å². The summed E-state index contributed by atoms with van der Waals surface area (Å²) < 4.78 is 0. The van der Waals surface area contributed by atoms with Crippen LogP contribution in [0.25, 0.3) is 0 Å². The standard InChI is InChI=1S/C9H22N6O2/c10-7-5-3-1-2-4-6-8(14-16,15-17)9(11,12)13/h1-7,10-13H2. The summed E-state index contributed by atoms with van der Waals surface area (Å²) in [5.74, 6) is -2.02. The molecule has 17 heavy (non-hydrogen) atoms. The van der Waals surface area contributed by atoms with E-state index in [0.717, 1.165) is 25.7 Å². The molecule has 8 N–H and O–H groups in total. The summed E-state index contributed by atoms with van der Waals surface area (Å²) in [6, 6.07) is 0. The lowest BCUT2D eigenvalue weighted by atomic mass is 9.96. The summed E-state index contributed by atoms with van der Waals surface area (Å²) in [7, 11) is 0. The Bertz CT molecular complexity index is 232. The van der Waals surface area contributed by atoms with Gasteiger partial charge >= 0.3 is 0 Å². The van der Waals surface area contributed by atoms with Crippen LogP contribution in [0.2, 0.25) is 0 Å². The summed E-state index contributed by atoms with van der Waals surface area (Å²) in [5, 5.41) is 5.24. The van der Waals surface area contributed by atoms with Gasteiger partial charge in [0.05, 0.1) is 0 Å². The molecule has 0 fully saturated rings. The minimum absolute atomic E-state index is 0.0616. The highest BCUT2D eigenvalue weighted by Crippen LogP contribution is 2.26. The second kappa shape index (κ2) is 7.38. The molecule has 0 atom stereocenters. The van der Waals surface area contributed by atoms with E-state index in [9.17, 15) is 9.81 Å². The number of hydrogen-bond donors (Lipinski definition) is 4. The normalized spacial score (nSPS) is 12.5. The molecule has 0 unspecified atom stereocenters. The van der Waals surface area contributed by atoms with Crippen molar-refractivity contribution in [2.45, 2.75) is 50.0 Å². The zero-order valence-corrected chi connectivity index (χ0v) is 9.97. The van der Waals surface area contributed by atoms with E-state index >= 15 is 0 Å². The molecular formula is C9H22N6O2. The van der Waals surface area contributed by atoms with Gasteiger partial charge in [0, 0.05) is 6.42 Å². The molecule has 0 radical (unpaired) electrons. The molecule has 0 bridgehead atoms. The molecule has 0 rings (SSSR count). The van der Waals surface area contributed by atoms with E-state index in [2.05, 4.69) is 10.4 Å². The molecule has 8 nitrogen and oxygen atoms in total. The van der Waals surface area contributed by atoms with E-state index in [1.54, 1.807) is 0 Å². The van der Waals surface area contributed by atoms with Crippen LogP contribution < -0.4 is 22.9 Å². The third kappa shape index (κ3) is 4.82. The lowest BCUT2D eigenvalue weighted by molar-refractivity contribution is 0.217. The molecular weight excluding hydrogens is 224 g/mol. The van der Waals surface area contributed by atoms with Crippen LogP contribution in [0.1, 0.15) is 38.5 Å². The first-order valence-electron chi connectivity index (χ1n) is 5.69. The third-order valence-electron chi connectivity index (χ3n) is 2.73. The first-order valence-corrected chi connectivity index (χ1v) is 5.69. The second-order valence-electron chi connectivity index (χ2n) is 4.24. The highest BCUT2D eigenvalue weighted by Gasteiger charge is 2.48. The summed E-state index contributed by atoms with van der Waals surface area (Å²) in [5.41, 5.74) is 19.4. The quantitative estimate of drug-likeness (QED) is 0.241. The van der Waals surface area contributed by atoms with Gasteiger partial charge in [0.2, 0.25) is 0 Å². The number of nitrogens with zero attached hydrogens (tertiary/aromatic N) is 2. The maximum absolute atomic E-state index is 10.7. The number of nitrogens with two attached hydrogens (primary N) is 4. The highest BCUT2D eigenvalue weighted by atomic mass is 16.3. The van der Waals surface area contributed by atoms with Gasteiger partial charge in [-0.15, -0.1) is 9.81 Å². The summed E-state index contributed by atoms with van der Waals surface area (Å²) in [6.07, 6.45) is 4.37. The number of rotatable bonds is 10. The van der Waals surface area contributed by atoms with Crippen LogP contribution >= 0.6 is 0 Å². The average Bonchev–Trinajstić information content (AvgIpc) is 2.27. The Labute approximate surface area is 100 Å². The van der Waals surface area contributed by atoms with Gasteiger partial charge in [-0.3, -0.25) is 17.2 Å². The summed E-state index contributed by atoms with van der Waals surface area (Å²) in [6.45, 7) is 0.660. The van der Waals surface area contributed by atoms with Crippen LogP contribution in [0.4, 0.5) is 0 Å². The molecule has 0 aromatic heterocycles. The molecule has 0 spiro atoms. The molecule has 8 heteroatoms. The van der Waals surface area contributed by atoms with Crippen LogP contribution in [0, 0.1) is 9.81 Å². The SMILES string of the molecule is NCCCCCCCC(N=O)(N=O)C(N)(N)N. The molecule has 0 aromatic rings. The van der Waals surface area contributed by atoms with Crippen LogP contribution in [0.3, 0.4) is 0 Å². The zero-order chi connectivity index (χ0) is 13.4. The molecule has 0 saturated heterocycles. The number of nitroso groups, excluding NO2 is 2. The fourth-order valence-electron chi connectivity index (χ4n) is 1.53. The first kappa shape index (κ1) is 16.0. The predicted octanol–water partition coefficient (Wildman–Crippen LogP) is 0.0447. The maximum Gasteiger partial charge on any atom is 0.276 e. The van der Waals surface area contributed by atoms with E-state index in [0.29, 0.717) is 13.0 Å². The molecule has 0 heterocycles. The molecule has 0 aliphatic rings. The van der Waals surface area contributed by atoms with Crippen molar-refractivity contribution in [3.63, 3.8) is 0 Å². The van der Waals surface area contributed by atoms with Gasteiger partial charge in [-0.1, -0.05) is 19.3 Å². The molecule has 0 amide bonds. The fraction of sp³-hybridized carbons (Fsp3) is 1.00. The predicted molar refractivity (Wildman–Crippen MR) is 66.4 cm³/mol. The van der Waals surface area contributed by atoms with Gasteiger partial charge in [0.15, 0.2) is 5.79 Å². The minimum Gasteiger partial charge on any atom is -0.330 e. The number of unbranched alkanes of at least 4 members (excludes halogenated alkanes) is 4. The third-order valence-corrected chi connectivity index (χ3v) is 2.73. The highest BCUT2D eigenvalue weighted by molar-refractivity contribution is 4.99. The zero-order valence-electron chi connectivity index (χ0n) is 9.97. The van der Waals surface area contributed by atoms with Gasteiger partial charge < -0.3 is 5.73 Å². The van der Waals surface area contributed by atoms with E-state index in [4.69, 9.17) is 22.9 Å². The Balaban J connectivity index is 4.12. The molecule has 0 saturated carbocycles. The molecule has 0 aliphatic heterocycles. The Hall–Kier alpha value is -0.960. The van der Waals surface area contributed by atoms with Gasteiger partial charge in [-0.05, 0) is 29.7 Å². The Morgan fingerprint density at radius 1 is 0.824 bits per heavy atom. The van der Waals surface area contributed by atoms with Crippen molar-refractivity contribution in [3.05, 3.63) is 9.81 Å². The van der Waals surface area contributed by atoms with E-state index in [-0.39, 0.29) is 6.42 Å². The largest absolute Gasteiger partial charge is 0.330 e. The van der Waals surface area contributed by atoms with Gasteiger partial charge in [0.25, 0.3) is 5.66 Å². The first-order chi connectivity index (χ1) is 7.93. The molecule has 100 valence electrons. The van der Waals surface area contributed by atoms with Crippen LogP contribution in [0.5, 0.6) is 0 Å². The minimum atomic E-state index is -2.02. The van der Waals surface area contributed by atoms with E-state index < -0.39 is 11.4 Å². The van der Waals surface area contributed by atoms with Crippen molar-refractivity contribution in [3.8, 4) is 0 Å². The Morgan fingerprint density at radius 3 is 1.71 bits per heavy atom. The molecule has 0 aromatic carbocycles. The Kier molecular flexibility index (Phi) is 6.97. The Morgan fingerprint density at radius 2 is 1.29 bits per heavy atom. The van der Waals surface area contributed by atoms with Crippen molar-refractivity contribution in [1.29, 1.82) is 0 Å². The maximum atomic E-state index is 10.7. The van der Waals surface area contributed by atoms with Gasteiger partial charge in [-0.25, -0.2) is 0 Å². The van der Waals surface area contributed by atoms with E-state index in [1.807, 2.05) is 0 Å². The summed E-state index contributed by atoms with van der Waals surface area (Å²) >= 11 is 0. The van der Waals surface area contributed by atoms with Gasteiger partial charge in [0.1, 0.15) is 0 Å². The number of hydrogen-bond acceptors (Lipinski definition) is 8. The van der Waals surface area contributed by atoms with Crippen LogP contribution in [0.15, 0.2) is 10.4 Å². The smallest absolute Gasteiger partial charge is 0.276 e. The van der Waals surface area contributed by atoms with Crippen LogP contribution in [-0.4, -0.2) is 18.0 Å². The summed E-state index contributed by atoms with van der Waals surface area (Å²) in [4.78, 5) is 21.3. The second-order valence-corrected chi connectivity index (χ2v) is 4.24. The van der Waals surface area contributed by atoms with Crippen molar-refractivity contribution in [2.75, 3.05) is 6.54 Å². The average molecular weight is 246 g/mol. The topological polar surface area (TPSA) is 163 Å².